The molecule has 2 aliphatic rings. The van der Waals surface area contributed by atoms with Crippen LogP contribution in [-0.4, -0.2) is 29.7 Å². The highest BCUT2D eigenvalue weighted by molar-refractivity contribution is 5.86. The molecular weight excluding hydrogens is 398 g/mol. The first-order valence-electron chi connectivity index (χ1n) is 11.0. The second-order valence-corrected chi connectivity index (χ2v) is 8.82. The molecule has 1 saturated heterocycles. The molecule has 1 atom stereocenters. The van der Waals surface area contributed by atoms with Crippen molar-refractivity contribution in [3.63, 3.8) is 0 Å². The molecule has 5 rings (SSSR count). The van der Waals surface area contributed by atoms with E-state index < -0.39 is 11.5 Å². The fourth-order valence-electron chi connectivity index (χ4n) is 5.13. The summed E-state index contributed by atoms with van der Waals surface area (Å²) < 4.78 is 0. The van der Waals surface area contributed by atoms with Crippen LogP contribution in [-0.2, 0) is 17.6 Å². The van der Waals surface area contributed by atoms with Crippen LogP contribution in [0.4, 0.5) is 11.4 Å². The van der Waals surface area contributed by atoms with E-state index in [4.69, 9.17) is 0 Å². The lowest BCUT2D eigenvalue weighted by atomic mass is 9.95. The summed E-state index contributed by atoms with van der Waals surface area (Å²) in [5, 5.41) is 23.1. The Bertz CT molecular complexity index is 1170. The zero-order chi connectivity index (χ0) is 22.1. The van der Waals surface area contributed by atoms with Crippen molar-refractivity contribution in [2.75, 3.05) is 23.3 Å². The Morgan fingerprint density at radius 2 is 1.72 bits per heavy atom. The van der Waals surface area contributed by atoms with E-state index in [0.717, 1.165) is 42.0 Å². The molecule has 0 aromatic heterocycles. The Morgan fingerprint density at radius 3 is 2.38 bits per heavy atom. The highest BCUT2D eigenvalue weighted by atomic mass is 16.4. The molecule has 32 heavy (non-hydrogen) atoms. The van der Waals surface area contributed by atoms with Gasteiger partial charge in [0.15, 0.2) is 0 Å². The number of nitrogens with zero attached hydrogens (tertiary/aromatic N) is 2. The van der Waals surface area contributed by atoms with Gasteiger partial charge >= 0.3 is 5.97 Å². The van der Waals surface area contributed by atoms with E-state index in [2.05, 4.69) is 40.6 Å². The smallest absolute Gasteiger partial charge is 0.330 e. The third-order valence-corrected chi connectivity index (χ3v) is 6.81. The fraction of sp³-hybridized carbons (Fsp3) is 0.259. The molecule has 1 heterocycles. The first kappa shape index (κ1) is 20.1. The van der Waals surface area contributed by atoms with Crippen molar-refractivity contribution in [3.05, 3.63) is 95.1 Å². The van der Waals surface area contributed by atoms with E-state index >= 15 is 0 Å². The fourth-order valence-corrected chi connectivity index (χ4v) is 5.13. The molecule has 5 heteroatoms. The van der Waals surface area contributed by atoms with Gasteiger partial charge in [-0.2, -0.15) is 5.26 Å². The maximum Gasteiger partial charge on any atom is 0.330 e. The number of aliphatic carboxylic acids is 1. The number of carboxylic acid groups (broad SMARTS) is 1. The van der Waals surface area contributed by atoms with Crippen LogP contribution in [0.25, 0.3) is 0 Å². The predicted molar refractivity (Wildman–Crippen MR) is 125 cm³/mol. The highest BCUT2D eigenvalue weighted by Crippen LogP contribution is 2.37. The SMILES string of the molecule is N#Cc1ccc(NC2(C(=O)O)Cc3ccccc3C2)cc1N1CCC(c2ccccc2)C1. The van der Waals surface area contributed by atoms with Crippen molar-refractivity contribution in [1.29, 1.82) is 5.26 Å². The van der Waals surface area contributed by atoms with Gasteiger partial charge in [-0.25, -0.2) is 4.79 Å². The summed E-state index contributed by atoms with van der Waals surface area (Å²) in [5.41, 5.74) is 4.60. The van der Waals surface area contributed by atoms with Crippen molar-refractivity contribution in [3.8, 4) is 6.07 Å². The van der Waals surface area contributed by atoms with Gasteiger partial charge < -0.3 is 15.3 Å². The number of hydrogen-bond acceptors (Lipinski definition) is 4. The standard InChI is InChI=1S/C27H25N3O2/c28-17-22-10-11-24(29-27(26(31)32)15-20-8-4-5-9-21(20)16-27)14-25(22)30-13-12-23(18-30)19-6-2-1-3-7-19/h1-11,14,23,29H,12-13,15-16,18H2,(H,31,32). The van der Waals surface area contributed by atoms with Crippen LogP contribution in [0.5, 0.6) is 0 Å². The molecule has 2 N–H and O–H groups in total. The Hall–Kier alpha value is -3.78. The van der Waals surface area contributed by atoms with Crippen molar-refractivity contribution >= 4 is 17.3 Å². The summed E-state index contributed by atoms with van der Waals surface area (Å²) in [7, 11) is 0. The maximum absolute atomic E-state index is 12.3. The van der Waals surface area contributed by atoms with Crippen molar-refractivity contribution < 1.29 is 9.90 Å². The van der Waals surface area contributed by atoms with Crippen LogP contribution in [0.15, 0.2) is 72.8 Å². The third-order valence-electron chi connectivity index (χ3n) is 6.81. The summed E-state index contributed by atoms with van der Waals surface area (Å²) in [6.45, 7) is 1.71. The molecule has 1 unspecified atom stereocenters. The largest absolute Gasteiger partial charge is 0.479 e. The quantitative estimate of drug-likeness (QED) is 0.628. The second kappa shape index (κ2) is 8.05. The predicted octanol–water partition coefficient (Wildman–Crippen LogP) is 4.59. The van der Waals surface area contributed by atoms with Crippen molar-refractivity contribution in [2.45, 2.75) is 30.7 Å². The molecule has 0 radical (unpaired) electrons. The first-order valence-corrected chi connectivity index (χ1v) is 11.0. The number of nitriles is 1. The number of fused-ring (bicyclic) bond motifs is 1. The van der Waals surface area contributed by atoms with E-state index in [-0.39, 0.29) is 0 Å². The average Bonchev–Trinajstić information content (AvgIpc) is 3.45. The number of hydrogen-bond donors (Lipinski definition) is 2. The van der Waals surface area contributed by atoms with Crippen LogP contribution in [0.3, 0.4) is 0 Å². The van der Waals surface area contributed by atoms with Gasteiger partial charge in [-0.1, -0.05) is 54.6 Å². The van der Waals surface area contributed by atoms with Gasteiger partial charge in [-0.05, 0) is 41.3 Å². The second-order valence-electron chi connectivity index (χ2n) is 8.82. The minimum Gasteiger partial charge on any atom is -0.479 e. The monoisotopic (exact) mass is 423 g/mol. The van der Waals surface area contributed by atoms with Crippen LogP contribution in [0, 0.1) is 11.3 Å². The molecule has 3 aromatic rings. The van der Waals surface area contributed by atoms with Gasteiger partial charge in [0.2, 0.25) is 0 Å². The van der Waals surface area contributed by atoms with Crippen LogP contribution < -0.4 is 10.2 Å². The Labute approximate surface area is 187 Å². The first-order chi connectivity index (χ1) is 15.6. The average molecular weight is 424 g/mol. The van der Waals surface area contributed by atoms with E-state index in [9.17, 15) is 15.2 Å². The van der Waals surface area contributed by atoms with Crippen molar-refractivity contribution in [1.82, 2.24) is 0 Å². The molecule has 5 nitrogen and oxygen atoms in total. The normalized spacial score (nSPS) is 18.7. The number of benzene rings is 3. The van der Waals surface area contributed by atoms with Crippen LogP contribution in [0.1, 0.15) is 34.6 Å². The highest BCUT2D eigenvalue weighted by Gasteiger charge is 2.44. The number of anilines is 2. The van der Waals surface area contributed by atoms with Gasteiger partial charge in [-0.3, -0.25) is 0 Å². The van der Waals surface area contributed by atoms with Gasteiger partial charge in [0, 0.05) is 37.5 Å². The lowest BCUT2D eigenvalue weighted by Crippen LogP contribution is -2.47. The molecule has 0 saturated carbocycles. The molecule has 1 aliphatic heterocycles. The Morgan fingerprint density at radius 1 is 1.03 bits per heavy atom. The van der Waals surface area contributed by atoms with Gasteiger partial charge in [-0.15, -0.1) is 0 Å². The molecule has 3 aromatic carbocycles. The maximum atomic E-state index is 12.3. The van der Waals surface area contributed by atoms with Gasteiger partial charge in [0.25, 0.3) is 0 Å². The molecule has 0 amide bonds. The molecule has 1 aliphatic carbocycles. The van der Waals surface area contributed by atoms with E-state index in [1.807, 2.05) is 42.5 Å². The number of carbonyl (C=O) groups is 1. The van der Waals surface area contributed by atoms with Crippen LogP contribution in [0.2, 0.25) is 0 Å². The van der Waals surface area contributed by atoms with Gasteiger partial charge in [0.1, 0.15) is 11.6 Å². The lowest BCUT2D eigenvalue weighted by molar-refractivity contribution is -0.142. The summed E-state index contributed by atoms with van der Waals surface area (Å²) >= 11 is 0. The number of nitrogens with one attached hydrogen (secondary N) is 1. The van der Waals surface area contributed by atoms with Crippen LogP contribution >= 0.6 is 0 Å². The number of carboxylic acids is 1. The zero-order valence-electron chi connectivity index (χ0n) is 17.8. The summed E-state index contributed by atoms with van der Waals surface area (Å²) in [4.78, 5) is 14.6. The minimum absolute atomic E-state index is 0.425. The summed E-state index contributed by atoms with van der Waals surface area (Å²) in [6, 6.07) is 26.2. The zero-order valence-corrected chi connectivity index (χ0v) is 17.8. The Kier molecular flexibility index (Phi) is 5.07. The molecule has 1 fully saturated rings. The van der Waals surface area contributed by atoms with E-state index in [0.29, 0.717) is 24.3 Å². The molecule has 0 bridgehead atoms. The van der Waals surface area contributed by atoms with Gasteiger partial charge in [0.05, 0.1) is 11.3 Å². The lowest BCUT2D eigenvalue weighted by Gasteiger charge is -2.28. The van der Waals surface area contributed by atoms with Crippen molar-refractivity contribution in [2.24, 2.45) is 0 Å². The molecule has 0 spiro atoms. The topological polar surface area (TPSA) is 76.4 Å². The third kappa shape index (κ3) is 3.58. The number of rotatable bonds is 5. The summed E-state index contributed by atoms with van der Waals surface area (Å²) in [5.74, 6) is -0.432. The molecule has 160 valence electrons. The Balaban J connectivity index is 1.42. The summed E-state index contributed by atoms with van der Waals surface area (Å²) in [6.07, 6.45) is 1.90. The van der Waals surface area contributed by atoms with E-state index in [1.54, 1.807) is 6.07 Å². The molecular formula is C27H25N3O2. The van der Waals surface area contributed by atoms with E-state index in [1.165, 1.54) is 5.56 Å². The minimum atomic E-state index is -1.08.